The smallest absolute Gasteiger partial charge is 0.264 e. The maximum Gasteiger partial charge on any atom is 0.264 e. The van der Waals surface area contributed by atoms with Gasteiger partial charge in [0.25, 0.3) is 10.0 Å². The summed E-state index contributed by atoms with van der Waals surface area (Å²) in [6.45, 7) is -0.581. The lowest BCUT2D eigenvalue weighted by Crippen LogP contribution is -2.38. The van der Waals surface area contributed by atoms with E-state index in [1.54, 1.807) is 18.2 Å². The minimum Gasteiger partial charge on any atom is -0.368 e. The molecule has 122 valence electrons. The number of halogens is 3. The normalized spacial score (nSPS) is 11.3. The van der Waals surface area contributed by atoms with Crippen molar-refractivity contribution < 1.29 is 13.2 Å². The average molecular weight is 438 g/mol. The molecule has 2 rings (SSSR count). The molecule has 0 aromatic heterocycles. The van der Waals surface area contributed by atoms with Crippen molar-refractivity contribution in [3.63, 3.8) is 0 Å². The first kappa shape index (κ1) is 18.1. The Kier molecular flexibility index (Phi) is 5.57. The second kappa shape index (κ2) is 7.09. The van der Waals surface area contributed by atoms with Crippen LogP contribution >= 0.6 is 39.1 Å². The molecule has 0 fully saturated rings. The highest BCUT2D eigenvalue weighted by atomic mass is 79.9. The lowest BCUT2D eigenvalue weighted by molar-refractivity contribution is -0.116. The van der Waals surface area contributed by atoms with Gasteiger partial charge >= 0.3 is 0 Å². The number of nitrogens with zero attached hydrogens (tertiary/aromatic N) is 1. The van der Waals surface area contributed by atoms with Gasteiger partial charge in [-0.25, -0.2) is 8.42 Å². The number of amides is 1. The Morgan fingerprint density at radius 3 is 2.09 bits per heavy atom. The van der Waals surface area contributed by atoms with Crippen LogP contribution in [0.2, 0.25) is 10.0 Å². The number of primary amides is 1. The second-order valence-corrected chi connectivity index (χ2v) is 8.09. The zero-order chi connectivity index (χ0) is 17.2. The lowest BCUT2D eigenvalue weighted by Gasteiger charge is -2.25. The Bertz CT molecular complexity index is 821. The number of benzene rings is 2. The summed E-state index contributed by atoms with van der Waals surface area (Å²) in [7, 11) is -4.07. The quantitative estimate of drug-likeness (QED) is 0.777. The molecule has 5 nitrogen and oxygen atoms in total. The molecule has 23 heavy (non-hydrogen) atoms. The highest BCUT2D eigenvalue weighted by Crippen LogP contribution is 2.36. The van der Waals surface area contributed by atoms with E-state index >= 15 is 0 Å². The monoisotopic (exact) mass is 436 g/mol. The highest BCUT2D eigenvalue weighted by molar-refractivity contribution is 9.10. The van der Waals surface area contributed by atoms with Gasteiger partial charge in [0.2, 0.25) is 5.91 Å². The van der Waals surface area contributed by atoms with Crippen molar-refractivity contribution in [2.45, 2.75) is 4.90 Å². The van der Waals surface area contributed by atoms with E-state index in [-0.39, 0.29) is 20.6 Å². The Hall–Kier alpha value is -1.28. The first-order valence-electron chi connectivity index (χ1n) is 6.24. The van der Waals surface area contributed by atoms with Gasteiger partial charge in [-0.2, -0.15) is 0 Å². The molecule has 0 heterocycles. The summed E-state index contributed by atoms with van der Waals surface area (Å²) >= 11 is 15.4. The largest absolute Gasteiger partial charge is 0.368 e. The van der Waals surface area contributed by atoms with Crippen LogP contribution in [0.3, 0.4) is 0 Å². The Morgan fingerprint density at radius 1 is 1.09 bits per heavy atom. The predicted molar refractivity (Wildman–Crippen MR) is 94.3 cm³/mol. The van der Waals surface area contributed by atoms with E-state index in [0.29, 0.717) is 4.47 Å². The number of hydrogen-bond donors (Lipinski definition) is 1. The van der Waals surface area contributed by atoms with Crippen LogP contribution in [-0.2, 0) is 14.8 Å². The predicted octanol–water partition coefficient (Wildman–Crippen LogP) is 3.44. The van der Waals surface area contributed by atoms with E-state index in [1.165, 1.54) is 24.3 Å². The standard InChI is InChI=1S/C14H11BrCl2N2O3S/c15-9-4-6-10(7-5-9)23(21,22)19(8-13(18)20)14-11(16)2-1-3-12(14)17/h1-7H,8H2,(H2,18,20). The number of anilines is 1. The minimum atomic E-state index is -4.07. The summed E-state index contributed by atoms with van der Waals surface area (Å²) in [5.41, 5.74) is 5.20. The van der Waals surface area contributed by atoms with Crippen molar-refractivity contribution in [3.05, 3.63) is 57.0 Å². The Morgan fingerprint density at radius 2 is 1.61 bits per heavy atom. The maximum absolute atomic E-state index is 12.9. The fraction of sp³-hybridized carbons (Fsp3) is 0.0714. The number of hydrogen-bond acceptors (Lipinski definition) is 3. The van der Waals surface area contributed by atoms with Crippen LogP contribution in [0.15, 0.2) is 51.8 Å². The molecule has 0 saturated heterocycles. The molecule has 0 unspecified atom stereocenters. The molecule has 0 aliphatic heterocycles. The van der Waals surface area contributed by atoms with Crippen LogP contribution in [-0.4, -0.2) is 20.9 Å². The molecule has 1 amide bonds. The minimum absolute atomic E-state index is 0.0116. The van der Waals surface area contributed by atoms with Crippen LogP contribution in [0.4, 0.5) is 5.69 Å². The summed E-state index contributed by atoms with van der Waals surface area (Å²) < 4.78 is 27.3. The van der Waals surface area contributed by atoms with Crippen molar-refractivity contribution in [1.29, 1.82) is 0 Å². The fourth-order valence-corrected chi connectivity index (χ4v) is 4.32. The van der Waals surface area contributed by atoms with Crippen molar-refractivity contribution in [2.24, 2.45) is 5.73 Å². The van der Waals surface area contributed by atoms with Gasteiger partial charge < -0.3 is 5.73 Å². The summed E-state index contributed by atoms with van der Waals surface area (Å²) in [6.07, 6.45) is 0. The first-order valence-corrected chi connectivity index (χ1v) is 9.23. The number of carbonyl (C=O) groups excluding carboxylic acids is 1. The lowest BCUT2D eigenvalue weighted by atomic mass is 10.3. The van der Waals surface area contributed by atoms with Crippen molar-refractivity contribution in [3.8, 4) is 0 Å². The van der Waals surface area contributed by atoms with Crippen LogP contribution in [0.5, 0.6) is 0 Å². The molecule has 0 aliphatic rings. The van der Waals surface area contributed by atoms with Crippen LogP contribution in [0.25, 0.3) is 0 Å². The number of nitrogens with two attached hydrogens (primary N) is 1. The molecule has 9 heteroatoms. The average Bonchev–Trinajstić information content (AvgIpc) is 2.46. The van der Waals surface area contributed by atoms with Gasteiger partial charge in [0.1, 0.15) is 6.54 Å². The topological polar surface area (TPSA) is 80.5 Å². The SMILES string of the molecule is NC(=O)CN(c1c(Cl)cccc1Cl)S(=O)(=O)c1ccc(Br)cc1. The van der Waals surface area contributed by atoms with Gasteiger partial charge in [0.05, 0.1) is 20.6 Å². The molecule has 0 bridgehead atoms. The summed E-state index contributed by atoms with van der Waals surface area (Å²) in [5, 5.41) is 0.193. The van der Waals surface area contributed by atoms with Gasteiger partial charge in [-0.15, -0.1) is 0 Å². The van der Waals surface area contributed by atoms with Crippen LogP contribution in [0.1, 0.15) is 0 Å². The molecular weight excluding hydrogens is 427 g/mol. The van der Waals surface area contributed by atoms with Gasteiger partial charge in [-0.05, 0) is 36.4 Å². The highest BCUT2D eigenvalue weighted by Gasteiger charge is 2.29. The third-order valence-corrected chi connectivity index (χ3v) is 5.79. The Balaban J connectivity index is 2.63. The molecule has 0 atom stereocenters. The van der Waals surface area contributed by atoms with E-state index in [9.17, 15) is 13.2 Å². The molecule has 2 aromatic carbocycles. The van der Waals surface area contributed by atoms with E-state index in [1.807, 2.05) is 0 Å². The first-order chi connectivity index (χ1) is 10.7. The molecule has 0 saturated carbocycles. The summed E-state index contributed by atoms with van der Waals surface area (Å²) in [6, 6.07) is 10.5. The molecule has 0 radical (unpaired) electrons. The number of carbonyl (C=O) groups is 1. The van der Waals surface area contributed by atoms with Gasteiger partial charge in [-0.3, -0.25) is 9.10 Å². The van der Waals surface area contributed by atoms with Crippen LogP contribution in [0, 0.1) is 0 Å². The van der Waals surface area contributed by atoms with E-state index in [0.717, 1.165) is 4.31 Å². The third kappa shape index (κ3) is 3.98. The second-order valence-electron chi connectivity index (χ2n) is 4.50. The maximum atomic E-state index is 12.9. The molecule has 2 aromatic rings. The van der Waals surface area contributed by atoms with Crippen molar-refractivity contribution in [1.82, 2.24) is 0 Å². The third-order valence-electron chi connectivity index (χ3n) is 2.89. The van der Waals surface area contributed by atoms with Crippen LogP contribution < -0.4 is 10.0 Å². The van der Waals surface area contributed by atoms with E-state index < -0.39 is 22.5 Å². The number of para-hydroxylation sites is 1. The van der Waals surface area contributed by atoms with Crippen molar-refractivity contribution in [2.75, 3.05) is 10.8 Å². The van der Waals surface area contributed by atoms with E-state index in [2.05, 4.69) is 15.9 Å². The summed E-state index contributed by atoms with van der Waals surface area (Å²) in [4.78, 5) is 11.3. The summed E-state index contributed by atoms with van der Waals surface area (Å²) in [5.74, 6) is -0.832. The molecular formula is C14H11BrCl2N2O3S. The molecule has 2 N–H and O–H groups in total. The van der Waals surface area contributed by atoms with Crippen molar-refractivity contribution >= 4 is 60.7 Å². The zero-order valence-electron chi connectivity index (χ0n) is 11.5. The van der Waals surface area contributed by atoms with E-state index in [4.69, 9.17) is 28.9 Å². The van der Waals surface area contributed by atoms with Gasteiger partial charge in [0.15, 0.2) is 0 Å². The fourth-order valence-electron chi connectivity index (χ4n) is 1.89. The van der Waals surface area contributed by atoms with Gasteiger partial charge in [-0.1, -0.05) is 45.2 Å². The van der Waals surface area contributed by atoms with Gasteiger partial charge in [0, 0.05) is 4.47 Å². The number of rotatable bonds is 5. The molecule has 0 aliphatic carbocycles. The number of sulfonamides is 1. The Labute approximate surface area is 152 Å². The zero-order valence-corrected chi connectivity index (χ0v) is 15.5. The molecule has 0 spiro atoms.